The summed E-state index contributed by atoms with van der Waals surface area (Å²) in [4.78, 5) is 4.55. The molecule has 20 heavy (non-hydrogen) atoms. The first-order chi connectivity index (χ1) is 9.16. The summed E-state index contributed by atoms with van der Waals surface area (Å²) in [5, 5.41) is 0. The number of halogens is 1. The normalized spacial score (nSPS) is 22.1. The Bertz CT molecular complexity index is 489. The van der Waals surface area contributed by atoms with Crippen molar-refractivity contribution < 1.29 is 9.31 Å². The van der Waals surface area contributed by atoms with Crippen LogP contribution < -0.4 is 5.46 Å². The van der Waals surface area contributed by atoms with Gasteiger partial charge in [0.2, 0.25) is 0 Å². The SMILES string of the molecule is CCC(C)c1cc(B2OC(C)(C)C(C)(C)O2)cc(Br)n1. The first-order valence-electron chi connectivity index (χ1n) is 7.19. The largest absolute Gasteiger partial charge is 0.494 e. The van der Waals surface area contributed by atoms with Gasteiger partial charge in [-0.25, -0.2) is 4.98 Å². The fourth-order valence-corrected chi connectivity index (χ4v) is 2.58. The van der Waals surface area contributed by atoms with E-state index in [2.05, 4.69) is 68.5 Å². The van der Waals surface area contributed by atoms with Gasteiger partial charge in [0.15, 0.2) is 0 Å². The molecule has 3 nitrogen and oxygen atoms in total. The Balaban J connectivity index is 2.33. The maximum atomic E-state index is 6.10. The highest BCUT2D eigenvalue weighted by molar-refractivity contribution is 9.10. The van der Waals surface area contributed by atoms with Gasteiger partial charge in [-0.3, -0.25) is 0 Å². The molecular weight excluding hydrogens is 317 g/mol. The number of hydrogen-bond acceptors (Lipinski definition) is 3. The molecule has 0 aromatic carbocycles. The molecule has 1 aromatic heterocycles. The van der Waals surface area contributed by atoms with E-state index >= 15 is 0 Å². The van der Waals surface area contributed by atoms with Crippen LogP contribution in [0.15, 0.2) is 16.7 Å². The van der Waals surface area contributed by atoms with Gasteiger partial charge in [0, 0.05) is 5.69 Å². The summed E-state index contributed by atoms with van der Waals surface area (Å²) in [6.45, 7) is 12.6. The highest BCUT2D eigenvalue weighted by Crippen LogP contribution is 2.36. The van der Waals surface area contributed by atoms with Crippen LogP contribution in [0, 0.1) is 0 Å². The summed E-state index contributed by atoms with van der Waals surface area (Å²) in [6, 6.07) is 4.08. The van der Waals surface area contributed by atoms with E-state index in [1.807, 2.05) is 6.07 Å². The number of rotatable bonds is 3. The molecule has 0 aliphatic carbocycles. The summed E-state index contributed by atoms with van der Waals surface area (Å²) in [5.74, 6) is 0.425. The molecule has 5 heteroatoms. The molecule has 0 radical (unpaired) electrons. The van der Waals surface area contributed by atoms with Crippen molar-refractivity contribution in [3.05, 3.63) is 22.4 Å². The predicted molar refractivity (Wildman–Crippen MR) is 86.4 cm³/mol. The van der Waals surface area contributed by atoms with Crippen LogP contribution in [0.1, 0.15) is 59.6 Å². The summed E-state index contributed by atoms with van der Waals surface area (Å²) in [7, 11) is -0.331. The summed E-state index contributed by atoms with van der Waals surface area (Å²) in [6.07, 6.45) is 1.06. The molecule has 0 N–H and O–H groups in total. The molecule has 1 aliphatic heterocycles. The maximum absolute atomic E-state index is 6.10. The molecule has 1 fully saturated rings. The Morgan fingerprint density at radius 2 is 1.75 bits per heavy atom. The zero-order chi connectivity index (χ0) is 15.1. The van der Waals surface area contributed by atoms with Crippen LogP contribution >= 0.6 is 15.9 Å². The second kappa shape index (κ2) is 5.43. The van der Waals surface area contributed by atoms with Gasteiger partial charge in [0.25, 0.3) is 0 Å². The van der Waals surface area contributed by atoms with Gasteiger partial charge >= 0.3 is 7.12 Å². The molecule has 1 atom stereocenters. The molecule has 0 spiro atoms. The molecule has 2 heterocycles. The Morgan fingerprint density at radius 3 is 2.25 bits per heavy atom. The lowest BCUT2D eigenvalue weighted by atomic mass is 9.78. The van der Waals surface area contributed by atoms with Crippen LogP contribution in [0.4, 0.5) is 0 Å². The Hall–Kier alpha value is -0.385. The van der Waals surface area contributed by atoms with Gasteiger partial charge < -0.3 is 9.31 Å². The number of aromatic nitrogens is 1. The second-order valence-corrected chi connectivity index (χ2v) is 7.36. The minimum absolute atomic E-state index is 0.316. The quantitative estimate of drug-likeness (QED) is 0.622. The van der Waals surface area contributed by atoms with Crippen molar-refractivity contribution in [2.45, 2.75) is 65.1 Å². The fourth-order valence-electron chi connectivity index (χ4n) is 2.11. The average molecular weight is 340 g/mol. The topological polar surface area (TPSA) is 31.4 Å². The van der Waals surface area contributed by atoms with E-state index in [0.717, 1.165) is 22.2 Å². The standard InChI is InChI=1S/C15H23BBrNO2/c1-7-10(2)12-8-11(9-13(17)18-12)16-19-14(3,4)15(5,6)20-16/h8-10H,7H2,1-6H3. The lowest BCUT2D eigenvalue weighted by Crippen LogP contribution is -2.41. The lowest BCUT2D eigenvalue weighted by Gasteiger charge is -2.32. The number of pyridine rings is 1. The fraction of sp³-hybridized carbons (Fsp3) is 0.667. The zero-order valence-corrected chi connectivity index (χ0v) is 14.7. The van der Waals surface area contributed by atoms with Crippen LogP contribution in [0.2, 0.25) is 0 Å². The first kappa shape index (κ1) is 16.0. The third-order valence-corrected chi connectivity index (χ3v) is 4.89. The second-order valence-electron chi connectivity index (χ2n) is 6.55. The molecule has 1 saturated heterocycles. The van der Waals surface area contributed by atoms with Gasteiger partial charge in [-0.1, -0.05) is 13.8 Å². The van der Waals surface area contributed by atoms with E-state index < -0.39 is 0 Å². The Kier molecular flexibility index (Phi) is 4.34. The van der Waals surface area contributed by atoms with Crippen molar-refractivity contribution in [3.63, 3.8) is 0 Å². The summed E-state index contributed by atoms with van der Waals surface area (Å²) in [5.41, 5.74) is 1.47. The van der Waals surface area contributed by atoms with Crippen LogP contribution in [0.25, 0.3) is 0 Å². The van der Waals surface area contributed by atoms with E-state index in [-0.39, 0.29) is 18.3 Å². The zero-order valence-electron chi connectivity index (χ0n) is 13.2. The van der Waals surface area contributed by atoms with E-state index in [9.17, 15) is 0 Å². The van der Waals surface area contributed by atoms with Gasteiger partial charge in [0.1, 0.15) is 4.60 Å². The van der Waals surface area contributed by atoms with Gasteiger partial charge in [-0.2, -0.15) is 0 Å². The van der Waals surface area contributed by atoms with Crippen LogP contribution in [0.3, 0.4) is 0 Å². The molecule has 0 bridgehead atoms. The van der Waals surface area contributed by atoms with Crippen molar-refractivity contribution >= 4 is 28.5 Å². The van der Waals surface area contributed by atoms with Crippen molar-refractivity contribution in [2.24, 2.45) is 0 Å². The maximum Gasteiger partial charge on any atom is 0.494 e. The van der Waals surface area contributed by atoms with Crippen molar-refractivity contribution in [3.8, 4) is 0 Å². The van der Waals surface area contributed by atoms with E-state index in [1.54, 1.807) is 0 Å². The first-order valence-corrected chi connectivity index (χ1v) is 7.98. The minimum atomic E-state index is -0.331. The molecule has 110 valence electrons. The van der Waals surface area contributed by atoms with Crippen LogP contribution in [-0.4, -0.2) is 23.3 Å². The molecule has 2 rings (SSSR count). The molecule has 1 aromatic rings. The van der Waals surface area contributed by atoms with Crippen molar-refractivity contribution in [1.29, 1.82) is 0 Å². The molecular formula is C15H23BBrNO2. The minimum Gasteiger partial charge on any atom is -0.399 e. The number of nitrogens with zero attached hydrogens (tertiary/aromatic N) is 1. The third-order valence-electron chi connectivity index (χ3n) is 4.48. The predicted octanol–water partition coefficient (Wildman–Crippen LogP) is 3.66. The monoisotopic (exact) mass is 339 g/mol. The number of hydrogen-bond donors (Lipinski definition) is 0. The van der Waals surface area contributed by atoms with Crippen molar-refractivity contribution in [2.75, 3.05) is 0 Å². The molecule has 0 saturated carbocycles. The summed E-state index contributed by atoms with van der Waals surface area (Å²) >= 11 is 3.49. The van der Waals surface area contributed by atoms with E-state index in [0.29, 0.717) is 5.92 Å². The molecule has 1 unspecified atom stereocenters. The Morgan fingerprint density at radius 1 is 1.20 bits per heavy atom. The van der Waals surface area contributed by atoms with Crippen LogP contribution in [0.5, 0.6) is 0 Å². The highest BCUT2D eigenvalue weighted by atomic mass is 79.9. The van der Waals surface area contributed by atoms with Gasteiger partial charge in [0.05, 0.1) is 11.2 Å². The van der Waals surface area contributed by atoms with Gasteiger partial charge in [-0.15, -0.1) is 0 Å². The van der Waals surface area contributed by atoms with E-state index in [4.69, 9.17) is 9.31 Å². The average Bonchev–Trinajstić information content (AvgIpc) is 2.57. The smallest absolute Gasteiger partial charge is 0.399 e. The molecule has 0 amide bonds. The van der Waals surface area contributed by atoms with E-state index in [1.165, 1.54) is 0 Å². The molecule has 1 aliphatic rings. The van der Waals surface area contributed by atoms with Crippen LogP contribution in [-0.2, 0) is 9.31 Å². The Labute approximate surface area is 130 Å². The summed E-state index contributed by atoms with van der Waals surface area (Å²) < 4.78 is 13.0. The van der Waals surface area contributed by atoms with Gasteiger partial charge in [-0.05, 0) is 73.6 Å². The van der Waals surface area contributed by atoms with Crippen molar-refractivity contribution in [1.82, 2.24) is 4.98 Å². The lowest BCUT2D eigenvalue weighted by molar-refractivity contribution is 0.00578. The third kappa shape index (κ3) is 2.95. The highest BCUT2D eigenvalue weighted by Gasteiger charge is 2.51.